The average molecular weight is 426 g/mol. The van der Waals surface area contributed by atoms with Crippen LogP contribution in [0.15, 0.2) is 59.5 Å². The number of hydrogen-bond donors (Lipinski definition) is 3. The van der Waals surface area contributed by atoms with E-state index in [2.05, 4.69) is 20.5 Å². The summed E-state index contributed by atoms with van der Waals surface area (Å²) >= 11 is 0. The van der Waals surface area contributed by atoms with Crippen molar-refractivity contribution >= 4 is 28.2 Å². The first-order chi connectivity index (χ1) is 15.3. The van der Waals surface area contributed by atoms with Crippen LogP contribution in [0.1, 0.15) is 46.7 Å². The van der Waals surface area contributed by atoms with Gasteiger partial charge in [0.1, 0.15) is 0 Å². The Morgan fingerprint density at radius 3 is 2.50 bits per heavy atom. The van der Waals surface area contributed by atoms with Crippen molar-refractivity contribution in [3.8, 4) is 11.3 Å². The fourth-order valence-electron chi connectivity index (χ4n) is 4.24. The summed E-state index contributed by atoms with van der Waals surface area (Å²) in [6.45, 7) is 3.83. The first kappa shape index (κ1) is 19.9. The van der Waals surface area contributed by atoms with Crippen LogP contribution in [0.3, 0.4) is 0 Å². The topological polar surface area (TPSA) is 108 Å². The van der Waals surface area contributed by atoms with Crippen molar-refractivity contribution in [1.82, 2.24) is 15.2 Å². The maximum atomic E-state index is 12.9. The summed E-state index contributed by atoms with van der Waals surface area (Å²) in [6, 6.07) is 14.5. The number of aromatic amines is 2. The molecule has 0 aliphatic heterocycles. The number of amides is 1. The van der Waals surface area contributed by atoms with Gasteiger partial charge in [-0.1, -0.05) is 44.2 Å². The number of anilines is 1. The minimum Gasteiger partial charge on any atom is -0.364 e. The zero-order valence-electron chi connectivity index (χ0n) is 17.8. The second-order valence-corrected chi connectivity index (χ2v) is 8.75. The van der Waals surface area contributed by atoms with Gasteiger partial charge in [0.25, 0.3) is 11.5 Å². The summed E-state index contributed by atoms with van der Waals surface area (Å²) in [5.74, 6) is -0.328. The molecule has 7 nitrogen and oxygen atoms in total. The van der Waals surface area contributed by atoms with Crippen molar-refractivity contribution in [2.45, 2.75) is 26.7 Å². The number of H-pyrrole nitrogens is 2. The molecule has 0 bridgehead atoms. The highest BCUT2D eigenvalue weighted by atomic mass is 16.2. The van der Waals surface area contributed by atoms with Gasteiger partial charge in [0, 0.05) is 33.9 Å². The lowest BCUT2D eigenvalue weighted by Gasteiger charge is -2.28. The molecule has 5 rings (SSSR count). The molecule has 7 heteroatoms. The van der Waals surface area contributed by atoms with Crippen LogP contribution in [0.2, 0.25) is 0 Å². The number of aromatic nitrogens is 3. The molecule has 0 saturated carbocycles. The van der Waals surface area contributed by atoms with Gasteiger partial charge in [0.2, 0.25) is 0 Å². The van der Waals surface area contributed by atoms with Crippen LogP contribution < -0.4 is 10.9 Å². The van der Waals surface area contributed by atoms with Crippen LogP contribution >= 0.6 is 0 Å². The number of carbonyl (C=O) groups is 2. The molecular formula is C25H22N4O3. The van der Waals surface area contributed by atoms with Crippen molar-refractivity contribution < 1.29 is 9.59 Å². The van der Waals surface area contributed by atoms with Crippen LogP contribution in [0, 0.1) is 5.41 Å². The van der Waals surface area contributed by atoms with Crippen LogP contribution in [0.4, 0.5) is 5.69 Å². The summed E-state index contributed by atoms with van der Waals surface area (Å²) in [6.07, 6.45) is 3.12. The first-order valence-corrected chi connectivity index (χ1v) is 10.5. The summed E-state index contributed by atoms with van der Waals surface area (Å²) < 4.78 is 0. The Morgan fingerprint density at radius 2 is 1.75 bits per heavy atom. The predicted octanol–water partition coefficient (Wildman–Crippen LogP) is 4.33. The van der Waals surface area contributed by atoms with Gasteiger partial charge in [-0.2, -0.15) is 5.10 Å². The van der Waals surface area contributed by atoms with Gasteiger partial charge >= 0.3 is 0 Å². The van der Waals surface area contributed by atoms with E-state index in [1.165, 1.54) is 0 Å². The van der Waals surface area contributed by atoms with Gasteiger partial charge in [-0.15, -0.1) is 0 Å². The van der Waals surface area contributed by atoms with Crippen molar-refractivity contribution in [2.24, 2.45) is 5.41 Å². The maximum Gasteiger partial charge on any atom is 0.272 e. The molecule has 3 N–H and O–H groups in total. The van der Waals surface area contributed by atoms with Crippen LogP contribution in [0.5, 0.6) is 0 Å². The molecule has 2 aromatic heterocycles. The molecule has 0 radical (unpaired) electrons. The van der Waals surface area contributed by atoms with Crippen molar-refractivity contribution in [2.75, 3.05) is 5.32 Å². The zero-order chi connectivity index (χ0) is 22.5. The number of benzene rings is 2. The fraction of sp³-hybridized carbons (Fsp3) is 0.200. The number of fused-ring (bicyclic) bond motifs is 2. The van der Waals surface area contributed by atoms with E-state index >= 15 is 0 Å². The van der Waals surface area contributed by atoms with Crippen molar-refractivity contribution in [3.05, 3.63) is 81.9 Å². The van der Waals surface area contributed by atoms with Gasteiger partial charge in [0.05, 0.1) is 22.2 Å². The first-order valence-electron chi connectivity index (χ1n) is 10.5. The lowest BCUT2D eigenvalue weighted by atomic mass is 9.74. The molecule has 2 heterocycles. The molecule has 0 atom stereocenters. The number of nitrogens with zero attached hydrogens (tertiary/aromatic N) is 1. The van der Waals surface area contributed by atoms with Gasteiger partial charge in [-0.3, -0.25) is 14.4 Å². The fourth-order valence-corrected chi connectivity index (χ4v) is 4.24. The van der Waals surface area contributed by atoms with E-state index in [0.29, 0.717) is 27.9 Å². The minimum absolute atomic E-state index is 0.00322. The van der Waals surface area contributed by atoms with Crippen LogP contribution in [-0.2, 0) is 6.42 Å². The number of aryl methyl sites for hydroxylation is 1. The standard InChI is InChI=1S/C25H22N4O3/c1-25(2)12-11-19-20(22(25)30)18(13-26-19)23(31)27-15-9-7-14(8-10-15)21-16-5-3-4-6-17(16)24(32)29-28-21/h3-10,13,26H,11-12H2,1-2H3,(H,27,31)(H,29,32). The normalized spacial score (nSPS) is 14.9. The van der Waals surface area contributed by atoms with Crippen molar-refractivity contribution in [3.63, 3.8) is 0 Å². The lowest BCUT2D eigenvalue weighted by Crippen LogP contribution is -2.31. The van der Waals surface area contributed by atoms with Gasteiger partial charge in [-0.25, -0.2) is 5.10 Å². The van der Waals surface area contributed by atoms with E-state index in [0.717, 1.165) is 29.5 Å². The summed E-state index contributed by atoms with van der Waals surface area (Å²) in [5.41, 5.74) is 3.06. The number of carbonyl (C=O) groups excluding carboxylic acids is 2. The monoisotopic (exact) mass is 426 g/mol. The molecule has 160 valence electrons. The van der Waals surface area contributed by atoms with E-state index in [-0.39, 0.29) is 17.2 Å². The minimum atomic E-state index is -0.474. The molecule has 1 aliphatic carbocycles. The number of ketones is 1. The Morgan fingerprint density at radius 1 is 1.03 bits per heavy atom. The summed E-state index contributed by atoms with van der Waals surface area (Å²) in [7, 11) is 0. The van der Waals surface area contributed by atoms with Gasteiger partial charge < -0.3 is 10.3 Å². The Bertz CT molecular complexity index is 1430. The van der Waals surface area contributed by atoms with Crippen molar-refractivity contribution in [1.29, 1.82) is 0 Å². The van der Waals surface area contributed by atoms with Crippen LogP contribution in [-0.4, -0.2) is 26.9 Å². The number of rotatable bonds is 3. The number of nitrogens with one attached hydrogen (secondary N) is 3. The third-order valence-electron chi connectivity index (χ3n) is 6.16. The molecule has 0 fully saturated rings. The highest BCUT2D eigenvalue weighted by Crippen LogP contribution is 2.36. The second-order valence-electron chi connectivity index (χ2n) is 8.75. The molecule has 32 heavy (non-hydrogen) atoms. The quantitative estimate of drug-likeness (QED) is 0.453. The smallest absolute Gasteiger partial charge is 0.272 e. The highest BCUT2D eigenvalue weighted by Gasteiger charge is 2.38. The lowest BCUT2D eigenvalue weighted by molar-refractivity contribution is 0.0805. The zero-order valence-corrected chi connectivity index (χ0v) is 17.8. The molecule has 2 aromatic carbocycles. The third kappa shape index (κ3) is 3.22. The summed E-state index contributed by atoms with van der Waals surface area (Å²) in [4.78, 5) is 40.9. The number of hydrogen-bond acceptors (Lipinski definition) is 4. The SMILES string of the molecule is CC1(C)CCc2[nH]cc(C(=O)Nc3ccc(-c4n[nH]c(=O)c5ccccc45)cc3)c2C1=O. The largest absolute Gasteiger partial charge is 0.364 e. The van der Waals surface area contributed by atoms with Gasteiger partial charge in [-0.05, 0) is 31.0 Å². The number of Topliss-reactive ketones (excluding diaryl/α,β-unsaturated/α-hetero) is 1. The second kappa shape index (κ2) is 7.30. The molecule has 1 amide bonds. The predicted molar refractivity (Wildman–Crippen MR) is 123 cm³/mol. The maximum absolute atomic E-state index is 12.9. The Hall–Kier alpha value is -4.00. The molecule has 4 aromatic rings. The Kier molecular flexibility index (Phi) is 4.55. The van der Waals surface area contributed by atoms with E-state index in [1.54, 1.807) is 24.4 Å². The van der Waals surface area contributed by atoms with Crippen LogP contribution in [0.25, 0.3) is 22.0 Å². The molecule has 0 saturated heterocycles. The third-order valence-corrected chi connectivity index (χ3v) is 6.16. The molecule has 0 unspecified atom stereocenters. The molecular weight excluding hydrogens is 404 g/mol. The molecule has 0 spiro atoms. The molecule has 1 aliphatic rings. The Labute approximate surface area is 183 Å². The van der Waals surface area contributed by atoms with Gasteiger partial charge in [0.15, 0.2) is 5.78 Å². The summed E-state index contributed by atoms with van der Waals surface area (Å²) in [5, 5.41) is 11.0. The van der Waals surface area contributed by atoms with E-state index in [1.807, 2.05) is 44.2 Å². The highest BCUT2D eigenvalue weighted by molar-refractivity contribution is 6.15. The van der Waals surface area contributed by atoms with E-state index < -0.39 is 5.41 Å². The van der Waals surface area contributed by atoms with E-state index in [9.17, 15) is 14.4 Å². The average Bonchev–Trinajstić information content (AvgIpc) is 3.22. The Balaban J connectivity index is 1.42. The van der Waals surface area contributed by atoms with E-state index in [4.69, 9.17) is 0 Å².